The molecule has 0 saturated carbocycles. The Balaban J connectivity index is 2.18. The molecule has 3 heteroatoms. The molecule has 0 aliphatic carbocycles. The van der Waals surface area contributed by atoms with E-state index in [2.05, 4.69) is 11.2 Å². The molecule has 0 saturated heterocycles. The highest BCUT2D eigenvalue weighted by Gasteiger charge is 2.10. The van der Waals surface area contributed by atoms with E-state index in [1.54, 1.807) is 16.9 Å². The number of Topliss-reactive ketones (excluding diaryl/α,β-unsaturated/α-hetero) is 1. The van der Waals surface area contributed by atoms with Crippen LogP contribution in [0.4, 0.5) is 0 Å². The SMILES string of the molecule is Cc1cc(C)cc(CC(=O)c2ccn(C)n2)c1. The number of benzene rings is 1. The largest absolute Gasteiger partial charge is 0.292 e. The molecule has 0 atom stereocenters. The van der Waals surface area contributed by atoms with Gasteiger partial charge in [-0.2, -0.15) is 5.10 Å². The molecule has 0 spiro atoms. The molecule has 0 N–H and O–H groups in total. The molecule has 1 aromatic carbocycles. The molecule has 3 nitrogen and oxygen atoms in total. The van der Waals surface area contributed by atoms with E-state index in [-0.39, 0.29) is 5.78 Å². The molecule has 0 bridgehead atoms. The average Bonchev–Trinajstić information content (AvgIpc) is 2.63. The topological polar surface area (TPSA) is 34.9 Å². The minimum Gasteiger partial charge on any atom is -0.292 e. The molecule has 0 fully saturated rings. The molecule has 0 radical (unpaired) electrons. The summed E-state index contributed by atoms with van der Waals surface area (Å²) in [5.41, 5.74) is 3.97. The van der Waals surface area contributed by atoms with Crippen LogP contribution in [0.1, 0.15) is 27.2 Å². The second-order valence-corrected chi connectivity index (χ2v) is 4.47. The molecule has 88 valence electrons. The van der Waals surface area contributed by atoms with Crippen molar-refractivity contribution < 1.29 is 4.79 Å². The first kappa shape index (κ1) is 11.6. The van der Waals surface area contributed by atoms with Gasteiger partial charge in [-0.25, -0.2) is 0 Å². The number of aromatic nitrogens is 2. The van der Waals surface area contributed by atoms with E-state index < -0.39 is 0 Å². The van der Waals surface area contributed by atoms with Crippen LogP contribution in [-0.4, -0.2) is 15.6 Å². The number of carbonyl (C=O) groups excluding carboxylic acids is 1. The molecule has 0 aliphatic heterocycles. The Morgan fingerprint density at radius 3 is 2.41 bits per heavy atom. The zero-order chi connectivity index (χ0) is 12.4. The highest BCUT2D eigenvalue weighted by atomic mass is 16.1. The van der Waals surface area contributed by atoms with Crippen molar-refractivity contribution in [2.75, 3.05) is 0 Å². The van der Waals surface area contributed by atoms with Gasteiger partial charge in [0, 0.05) is 19.7 Å². The Bertz CT molecular complexity index is 535. The second kappa shape index (κ2) is 4.53. The van der Waals surface area contributed by atoms with Gasteiger partial charge >= 0.3 is 0 Å². The van der Waals surface area contributed by atoms with Crippen molar-refractivity contribution in [3.8, 4) is 0 Å². The third kappa shape index (κ3) is 2.81. The number of aryl methyl sites for hydroxylation is 3. The van der Waals surface area contributed by atoms with Crippen LogP contribution < -0.4 is 0 Å². The van der Waals surface area contributed by atoms with Crippen LogP contribution in [0.2, 0.25) is 0 Å². The molecule has 2 aromatic rings. The van der Waals surface area contributed by atoms with E-state index >= 15 is 0 Å². The third-order valence-electron chi connectivity index (χ3n) is 2.65. The molecular weight excluding hydrogens is 212 g/mol. The maximum atomic E-state index is 12.0. The Morgan fingerprint density at radius 1 is 1.24 bits per heavy atom. The summed E-state index contributed by atoms with van der Waals surface area (Å²) in [6, 6.07) is 7.96. The van der Waals surface area contributed by atoms with Crippen molar-refractivity contribution in [3.63, 3.8) is 0 Å². The number of carbonyl (C=O) groups is 1. The summed E-state index contributed by atoms with van der Waals surface area (Å²) in [4.78, 5) is 12.0. The lowest BCUT2D eigenvalue weighted by Crippen LogP contribution is -2.05. The maximum absolute atomic E-state index is 12.0. The third-order valence-corrected chi connectivity index (χ3v) is 2.65. The summed E-state index contributed by atoms with van der Waals surface area (Å²) in [6.45, 7) is 4.09. The Kier molecular flexibility index (Phi) is 3.09. The Morgan fingerprint density at radius 2 is 1.88 bits per heavy atom. The molecule has 1 aromatic heterocycles. The minimum absolute atomic E-state index is 0.0654. The first-order valence-corrected chi connectivity index (χ1v) is 5.64. The standard InChI is InChI=1S/C14H16N2O/c1-10-6-11(2)8-12(7-10)9-14(17)13-4-5-16(3)15-13/h4-8H,9H2,1-3H3. The molecule has 17 heavy (non-hydrogen) atoms. The van der Waals surface area contributed by atoms with Crippen molar-refractivity contribution in [2.24, 2.45) is 7.05 Å². The van der Waals surface area contributed by atoms with Crippen LogP contribution in [0.15, 0.2) is 30.5 Å². The summed E-state index contributed by atoms with van der Waals surface area (Å²) in [6.07, 6.45) is 2.20. The highest BCUT2D eigenvalue weighted by Crippen LogP contribution is 2.11. The summed E-state index contributed by atoms with van der Waals surface area (Å²) in [7, 11) is 1.81. The van der Waals surface area contributed by atoms with Gasteiger partial charge in [-0.1, -0.05) is 29.3 Å². The van der Waals surface area contributed by atoms with Gasteiger partial charge in [0.1, 0.15) is 5.69 Å². The summed E-state index contributed by atoms with van der Waals surface area (Å²) in [5, 5.41) is 4.12. The quantitative estimate of drug-likeness (QED) is 0.756. The minimum atomic E-state index is 0.0654. The van der Waals surface area contributed by atoms with Gasteiger partial charge in [0.25, 0.3) is 0 Å². The Labute approximate surface area is 101 Å². The first-order chi connectivity index (χ1) is 8.04. The number of ketones is 1. The van der Waals surface area contributed by atoms with Crippen molar-refractivity contribution in [3.05, 3.63) is 52.8 Å². The van der Waals surface area contributed by atoms with Crippen LogP contribution in [0.25, 0.3) is 0 Å². The van der Waals surface area contributed by atoms with Gasteiger partial charge in [-0.05, 0) is 25.5 Å². The monoisotopic (exact) mass is 228 g/mol. The maximum Gasteiger partial charge on any atom is 0.187 e. The van der Waals surface area contributed by atoms with Crippen molar-refractivity contribution in [1.29, 1.82) is 0 Å². The number of hydrogen-bond donors (Lipinski definition) is 0. The van der Waals surface area contributed by atoms with Gasteiger partial charge in [0.2, 0.25) is 0 Å². The van der Waals surface area contributed by atoms with E-state index in [1.807, 2.05) is 33.0 Å². The van der Waals surface area contributed by atoms with Crippen LogP contribution >= 0.6 is 0 Å². The van der Waals surface area contributed by atoms with Crippen LogP contribution in [0.3, 0.4) is 0 Å². The molecule has 0 unspecified atom stereocenters. The van der Waals surface area contributed by atoms with Gasteiger partial charge in [0.05, 0.1) is 0 Å². The fourth-order valence-electron chi connectivity index (χ4n) is 2.01. The van der Waals surface area contributed by atoms with E-state index in [9.17, 15) is 4.79 Å². The fourth-order valence-corrected chi connectivity index (χ4v) is 2.01. The molecule has 2 rings (SSSR count). The van der Waals surface area contributed by atoms with Gasteiger partial charge < -0.3 is 0 Å². The zero-order valence-electron chi connectivity index (χ0n) is 10.4. The number of nitrogens with zero attached hydrogens (tertiary/aromatic N) is 2. The number of hydrogen-bond acceptors (Lipinski definition) is 2. The fraction of sp³-hybridized carbons (Fsp3) is 0.286. The zero-order valence-corrected chi connectivity index (χ0v) is 10.4. The molecule has 1 heterocycles. The van der Waals surface area contributed by atoms with E-state index in [1.165, 1.54) is 11.1 Å². The van der Waals surface area contributed by atoms with E-state index in [4.69, 9.17) is 0 Å². The van der Waals surface area contributed by atoms with Gasteiger partial charge in [-0.15, -0.1) is 0 Å². The lowest BCUT2D eigenvalue weighted by Gasteiger charge is -2.03. The van der Waals surface area contributed by atoms with Crippen LogP contribution in [0.5, 0.6) is 0 Å². The molecule has 0 amide bonds. The van der Waals surface area contributed by atoms with Crippen molar-refractivity contribution in [2.45, 2.75) is 20.3 Å². The van der Waals surface area contributed by atoms with Crippen molar-refractivity contribution >= 4 is 5.78 Å². The predicted molar refractivity (Wildman–Crippen MR) is 67.2 cm³/mol. The van der Waals surface area contributed by atoms with Crippen LogP contribution in [0, 0.1) is 13.8 Å². The summed E-state index contributed by atoms with van der Waals surface area (Å²) in [5.74, 6) is 0.0654. The predicted octanol–water partition coefficient (Wildman–Crippen LogP) is 2.46. The van der Waals surface area contributed by atoms with E-state index in [0.29, 0.717) is 12.1 Å². The average molecular weight is 228 g/mol. The van der Waals surface area contributed by atoms with Gasteiger partial charge in [-0.3, -0.25) is 9.48 Å². The molecular formula is C14H16N2O. The first-order valence-electron chi connectivity index (χ1n) is 5.64. The van der Waals surface area contributed by atoms with Crippen molar-refractivity contribution in [1.82, 2.24) is 9.78 Å². The second-order valence-electron chi connectivity index (χ2n) is 4.47. The van der Waals surface area contributed by atoms with Crippen LogP contribution in [-0.2, 0) is 13.5 Å². The lowest BCUT2D eigenvalue weighted by atomic mass is 10.0. The summed E-state index contributed by atoms with van der Waals surface area (Å²) < 4.78 is 1.65. The highest BCUT2D eigenvalue weighted by molar-refractivity contribution is 5.95. The van der Waals surface area contributed by atoms with Gasteiger partial charge in [0.15, 0.2) is 5.78 Å². The van der Waals surface area contributed by atoms with E-state index in [0.717, 1.165) is 5.56 Å². The normalized spacial score (nSPS) is 10.5. The summed E-state index contributed by atoms with van der Waals surface area (Å²) >= 11 is 0. The lowest BCUT2D eigenvalue weighted by molar-refractivity contribution is 0.0987. The number of rotatable bonds is 3. The Hall–Kier alpha value is -1.90. The smallest absolute Gasteiger partial charge is 0.187 e. The molecule has 0 aliphatic rings.